The van der Waals surface area contributed by atoms with Gasteiger partial charge < -0.3 is 19.5 Å². The van der Waals surface area contributed by atoms with Gasteiger partial charge in [-0.25, -0.2) is 4.79 Å². The van der Waals surface area contributed by atoms with E-state index in [1.165, 1.54) is 13.1 Å². The summed E-state index contributed by atoms with van der Waals surface area (Å²) in [5.41, 5.74) is 1.16. The molecule has 1 aliphatic heterocycles. The third kappa shape index (κ3) is 3.62. The van der Waals surface area contributed by atoms with Crippen molar-refractivity contribution in [3.8, 4) is 11.5 Å². The van der Waals surface area contributed by atoms with Gasteiger partial charge in [0.25, 0.3) is 5.91 Å². The van der Waals surface area contributed by atoms with Gasteiger partial charge in [-0.1, -0.05) is 6.07 Å². The number of fused-ring (bicyclic) bond motifs is 1. The number of carbonyl (C=O) groups is 2. The summed E-state index contributed by atoms with van der Waals surface area (Å²) in [4.78, 5) is 27.8. The summed E-state index contributed by atoms with van der Waals surface area (Å²) in [5.74, 6) is 0.361. The predicted octanol–water partition coefficient (Wildman–Crippen LogP) is 1.67. The Bertz CT molecular complexity index is 748. The Morgan fingerprint density at radius 3 is 2.92 bits per heavy atom. The minimum atomic E-state index is -0.910. The monoisotopic (exact) mass is 328 g/mol. The van der Waals surface area contributed by atoms with E-state index in [9.17, 15) is 9.59 Å². The maximum Gasteiger partial charge on any atom is 0.340 e. The fourth-order valence-corrected chi connectivity index (χ4v) is 2.15. The quantitative estimate of drug-likeness (QED) is 0.840. The Hall–Kier alpha value is -3.09. The Morgan fingerprint density at radius 1 is 1.29 bits per heavy atom. The molecule has 3 rings (SSSR count). The summed E-state index contributed by atoms with van der Waals surface area (Å²) in [6.07, 6.45) is 2.03. The smallest absolute Gasteiger partial charge is 0.340 e. The van der Waals surface area contributed by atoms with Crippen LogP contribution in [0.1, 0.15) is 22.8 Å². The van der Waals surface area contributed by atoms with E-state index in [1.54, 1.807) is 30.5 Å². The first-order chi connectivity index (χ1) is 11.6. The van der Waals surface area contributed by atoms with Crippen LogP contribution in [0.4, 0.5) is 0 Å². The zero-order valence-electron chi connectivity index (χ0n) is 13.0. The molecule has 7 heteroatoms. The summed E-state index contributed by atoms with van der Waals surface area (Å²) < 4.78 is 15.6. The number of rotatable bonds is 5. The molecular formula is C17H16N2O5. The van der Waals surface area contributed by atoms with Gasteiger partial charge in [-0.05, 0) is 36.8 Å². The third-order valence-electron chi connectivity index (χ3n) is 3.45. The molecule has 1 aromatic heterocycles. The van der Waals surface area contributed by atoms with E-state index in [1.807, 2.05) is 6.07 Å². The van der Waals surface area contributed by atoms with Gasteiger partial charge in [0.2, 0.25) is 6.79 Å². The second-order valence-corrected chi connectivity index (χ2v) is 5.19. The van der Waals surface area contributed by atoms with Crippen LogP contribution in [0, 0.1) is 0 Å². The standard InChI is InChI=1S/C17H16N2O5/c1-11(24-17(21)13-3-2-6-18-9-13)16(20)19-8-12-4-5-14-15(7-12)23-10-22-14/h2-7,9,11H,8,10H2,1H3,(H,19,20)/t11-/m0/s1. The van der Waals surface area contributed by atoms with E-state index >= 15 is 0 Å². The topological polar surface area (TPSA) is 86.8 Å². The van der Waals surface area contributed by atoms with Crippen molar-refractivity contribution >= 4 is 11.9 Å². The Balaban J connectivity index is 1.52. The zero-order chi connectivity index (χ0) is 16.9. The maximum atomic E-state index is 12.1. The van der Waals surface area contributed by atoms with Gasteiger partial charge in [0.15, 0.2) is 17.6 Å². The molecule has 2 aromatic rings. The van der Waals surface area contributed by atoms with Crippen LogP contribution in [-0.4, -0.2) is 29.8 Å². The molecule has 0 fully saturated rings. The molecule has 0 bridgehead atoms. The second kappa shape index (κ2) is 6.99. The SMILES string of the molecule is C[C@H](OC(=O)c1cccnc1)C(=O)NCc1ccc2c(c1)OCO2. The number of esters is 1. The lowest BCUT2D eigenvalue weighted by Crippen LogP contribution is -2.35. The number of nitrogens with zero attached hydrogens (tertiary/aromatic N) is 1. The number of pyridine rings is 1. The molecule has 2 heterocycles. The first kappa shape index (κ1) is 15.8. The summed E-state index contributed by atoms with van der Waals surface area (Å²) in [5, 5.41) is 2.72. The van der Waals surface area contributed by atoms with Gasteiger partial charge in [0.1, 0.15) is 0 Å². The summed E-state index contributed by atoms with van der Waals surface area (Å²) in [6.45, 7) is 2.01. The number of hydrogen-bond donors (Lipinski definition) is 1. The minimum absolute atomic E-state index is 0.201. The van der Waals surface area contributed by atoms with Crippen LogP contribution >= 0.6 is 0 Å². The molecule has 7 nitrogen and oxygen atoms in total. The number of carbonyl (C=O) groups excluding carboxylic acids is 2. The summed E-state index contributed by atoms with van der Waals surface area (Å²) in [7, 11) is 0. The second-order valence-electron chi connectivity index (χ2n) is 5.19. The van der Waals surface area contributed by atoms with E-state index < -0.39 is 12.1 Å². The molecule has 1 aromatic carbocycles. The summed E-state index contributed by atoms with van der Waals surface area (Å²) >= 11 is 0. The molecule has 0 saturated carbocycles. The molecule has 1 N–H and O–H groups in total. The fraction of sp³-hybridized carbons (Fsp3) is 0.235. The largest absolute Gasteiger partial charge is 0.454 e. The molecule has 24 heavy (non-hydrogen) atoms. The van der Waals surface area contributed by atoms with Crippen LogP contribution in [0.15, 0.2) is 42.7 Å². The van der Waals surface area contributed by atoms with E-state index in [2.05, 4.69) is 10.3 Å². The molecule has 124 valence electrons. The molecule has 0 saturated heterocycles. The number of nitrogens with one attached hydrogen (secondary N) is 1. The average Bonchev–Trinajstić information content (AvgIpc) is 3.08. The van der Waals surface area contributed by atoms with Crippen molar-refractivity contribution in [3.63, 3.8) is 0 Å². The van der Waals surface area contributed by atoms with Crippen molar-refractivity contribution in [1.82, 2.24) is 10.3 Å². The van der Waals surface area contributed by atoms with E-state index in [0.29, 0.717) is 23.6 Å². The Kier molecular flexibility index (Phi) is 4.60. The minimum Gasteiger partial charge on any atom is -0.454 e. The van der Waals surface area contributed by atoms with E-state index in [-0.39, 0.29) is 12.7 Å². The number of benzene rings is 1. The highest BCUT2D eigenvalue weighted by molar-refractivity contribution is 5.91. The number of hydrogen-bond acceptors (Lipinski definition) is 6. The number of ether oxygens (including phenoxy) is 3. The maximum absolute atomic E-state index is 12.1. The summed E-state index contributed by atoms with van der Waals surface area (Å²) in [6, 6.07) is 8.62. The Labute approximate surface area is 138 Å². The van der Waals surface area contributed by atoms with Gasteiger partial charge >= 0.3 is 5.97 Å². The predicted molar refractivity (Wildman–Crippen MR) is 83.5 cm³/mol. The fourth-order valence-electron chi connectivity index (χ4n) is 2.15. The van der Waals surface area contributed by atoms with Crippen molar-refractivity contribution < 1.29 is 23.8 Å². The van der Waals surface area contributed by atoms with Gasteiger partial charge in [-0.15, -0.1) is 0 Å². The lowest BCUT2D eigenvalue weighted by atomic mass is 10.2. The molecule has 1 atom stereocenters. The van der Waals surface area contributed by atoms with Crippen molar-refractivity contribution in [2.45, 2.75) is 19.6 Å². The lowest BCUT2D eigenvalue weighted by molar-refractivity contribution is -0.129. The zero-order valence-corrected chi connectivity index (χ0v) is 13.0. The number of aromatic nitrogens is 1. The highest BCUT2D eigenvalue weighted by atomic mass is 16.7. The van der Waals surface area contributed by atoms with Crippen LogP contribution in [0.3, 0.4) is 0 Å². The van der Waals surface area contributed by atoms with Crippen molar-refractivity contribution in [2.75, 3.05) is 6.79 Å². The highest BCUT2D eigenvalue weighted by Gasteiger charge is 2.19. The van der Waals surface area contributed by atoms with Crippen LogP contribution in [-0.2, 0) is 16.1 Å². The van der Waals surface area contributed by atoms with Crippen molar-refractivity contribution in [2.24, 2.45) is 0 Å². The lowest BCUT2D eigenvalue weighted by Gasteiger charge is -2.13. The van der Waals surface area contributed by atoms with E-state index in [4.69, 9.17) is 14.2 Å². The normalized spacial score (nSPS) is 13.2. The molecule has 1 amide bonds. The van der Waals surface area contributed by atoms with Crippen molar-refractivity contribution in [3.05, 3.63) is 53.9 Å². The van der Waals surface area contributed by atoms with Gasteiger partial charge in [-0.2, -0.15) is 0 Å². The molecule has 0 aliphatic carbocycles. The first-order valence-corrected chi connectivity index (χ1v) is 7.41. The van der Waals surface area contributed by atoms with Crippen LogP contribution in [0.5, 0.6) is 11.5 Å². The third-order valence-corrected chi connectivity index (χ3v) is 3.45. The van der Waals surface area contributed by atoms with Gasteiger partial charge in [0.05, 0.1) is 5.56 Å². The van der Waals surface area contributed by atoms with E-state index in [0.717, 1.165) is 5.56 Å². The molecule has 1 aliphatic rings. The van der Waals surface area contributed by atoms with Gasteiger partial charge in [0, 0.05) is 18.9 Å². The van der Waals surface area contributed by atoms with Crippen molar-refractivity contribution in [1.29, 1.82) is 0 Å². The highest BCUT2D eigenvalue weighted by Crippen LogP contribution is 2.32. The number of amides is 1. The van der Waals surface area contributed by atoms with Crippen LogP contribution < -0.4 is 14.8 Å². The average molecular weight is 328 g/mol. The van der Waals surface area contributed by atoms with Crippen LogP contribution in [0.2, 0.25) is 0 Å². The molecular weight excluding hydrogens is 312 g/mol. The Morgan fingerprint density at radius 2 is 2.12 bits per heavy atom. The van der Waals surface area contributed by atoms with Crippen LogP contribution in [0.25, 0.3) is 0 Å². The molecule has 0 unspecified atom stereocenters. The first-order valence-electron chi connectivity index (χ1n) is 7.41. The van der Waals surface area contributed by atoms with Gasteiger partial charge in [-0.3, -0.25) is 9.78 Å². The molecule has 0 radical (unpaired) electrons. The molecule has 0 spiro atoms.